The maximum Gasteiger partial charge on any atom is 0.162 e. The van der Waals surface area contributed by atoms with E-state index < -0.39 is 0 Å². The second-order valence-corrected chi connectivity index (χ2v) is 5.77. The summed E-state index contributed by atoms with van der Waals surface area (Å²) in [5.74, 6) is 2.19. The highest BCUT2D eigenvalue weighted by Crippen LogP contribution is 2.37. The second kappa shape index (κ2) is 5.85. The van der Waals surface area contributed by atoms with E-state index in [1.807, 2.05) is 0 Å². The average Bonchev–Trinajstić information content (AvgIpc) is 2.37. The van der Waals surface area contributed by atoms with E-state index in [4.69, 9.17) is 15.2 Å². The Balaban J connectivity index is 2.28. The number of nitrogens with two attached hydrogens (primary N) is 1. The Morgan fingerprint density at radius 2 is 1.83 bits per heavy atom. The summed E-state index contributed by atoms with van der Waals surface area (Å²) in [5, 5.41) is 0. The lowest BCUT2D eigenvalue weighted by molar-refractivity contribution is 0.171. The molecule has 2 rings (SSSR count). The van der Waals surface area contributed by atoms with E-state index in [0.29, 0.717) is 19.1 Å². The van der Waals surface area contributed by atoms with Crippen molar-refractivity contribution >= 4 is 11.8 Å². The fourth-order valence-electron chi connectivity index (χ4n) is 1.95. The molecule has 0 aromatic heterocycles. The van der Waals surface area contributed by atoms with Gasteiger partial charge in [0.2, 0.25) is 0 Å². The van der Waals surface area contributed by atoms with Gasteiger partial charge in [0.15, 0.2) is 11.5 Å². The fraction of sp³-hybridized carbons (Fsp3) is 0.571. The topological polar surface area (TPSA) is 44.5 Å². The van der Waals surface area contributed by atoms with Crippen LogP contribution < -0.4 is 15.2 Å². The third-order valence-corrected chi connectivity index (χ3v) is 4.08. The standard InChI is InChI=1S/C14H21NO2S/c1-9(2)11(15)6-10-7-12-13(8-14(10)18-3)17-5-4-16-12/h7-9,11H,4-6,15H2,1-3H3. The van der Waals surface area contributed by atoms with Crippen LogP contribution in [0.1, 0.15) is 19.4 Å². The maximum atomic E-state index is 6.17. The molecule has 1 aromatic rings. The van der Waals surface area contributed by atoms with Crippen LogP contribution in [0, 0.1) is 5.92 Å². The van der Waals surface area contributed by atoms with E-state index in [0.717, 1.165) is 17.9 Å². The first kappa shape index (κ1) is 13.6. The third kappa shape index (κ3) is 2.93. The highest BCUT2D eigenvalue weighted by atomic mass is 32.2. The minimum atomic E-state index is 0.179. The number of thioether (sulfide) groups is 1. The average molecular weight is 267 g/mol. The molecule has 3 nitrogen and oxygen atoms in total. The van der Waals surface area contributed by atoms with Gasteiger partial charge >= 0.3 is 0 Å². The van der Waals surface area contributed by atoms with Gasteiger partial charge in [-0.3, -0.25) is 0 Å². The first-order valence-corrected chi connectivity index (χ1v) is 7.56. The van der Waals surface area contributed by atoms with Crippen LogP contribution in [0.3, 0.4) is 0 Å². The number of hydrogen-bond donors (Lipinski definition) is 1. The maximum absolute atomic E-state index is 6.17. The number of fused-ring (bicyclic) bond motifs is 1. The Bertz CT molecular complexity index is 421. The molecular formula is C14H21NO2S. The molecule has 0 saturated heterocycles. The van der Waals surface area contributed by atoms with Crippen molar-refractivity contribution < 1.29 is 9.47 Å². The Morgan fingerprint density at radius 3 is 2.39 bits per heavy atom. The van der Waals surface area contributed by atoms with Gasteiger partial charge in [-0.15, -0.1) is 11.8 Å². The van der Waals surface area contributed by atoms with Crippen LogP contribution >= 0.6 is 11.8 Å². The summed E-state index contributed by atoms with van der Waals surface area (Å²) in [6, 6.07) is 4.34. The molecule has 1 unspecified atom stereocenters. The number of ether oxygens (including phenoxy) is 2. The van der Waals surface area contributed by atoms with Crippen LogP contribution in [-0.2, 0) is 6.42 Å². The highest BCUT2D eigenvalue weighted by Gasteiger charge is 2.18. The van der Waals surface area contributed by atoms with Crippen LogP contribution in [0.4, 0.5) is 0 Å². The summed E-state index contributed by atoms with van der Waals surface area (Å²) in [6.07, 6.45) is 2.96. The largest absolute Gasteiger partial charge is 0.486 e. The molecule has 100 valence electrons. The van der Waals surface area contributed by atoms with Crippen molar-refractivity contribution in [1.82, 2.24) is 0 Å². The molecule has 0 fully saturated rings. The molecule has 1 aliphatic rings. The lowest BCUT2D eigenvalue weighted by Gasteiger charge is -2.22. The van der Waals surface area contributed by atoms with E-state index in [9.17, 15) is 0 Å². The van der Waals surface area contributed by atoms with Crippen LogP contribution in [0.25, 0.3) is 0 Å². The van der Waals surface area contributed by atoms with E-state index in [2.05, 4.69) is 32.2 Å². The van der Waals surface area contributed by atoms with Gasteiger partial charge in [0.1, 0.15) is 13.2 Å². The zero-order valence-corrected chi connectivity index (χ0v) is 12.0. The van der Waals surface area contributed by atoms with Gasteiger partial charge < -0.3 is 15.2 Å². The van der Waals surface area contributed by atoms with Gasteiger partial charge in [-0.2, -0.15) is 0 Å². The van der Waals surface area contributed by atoms with Crippen molar-refractivity contribution in [2.45, 2.75) is 31.2 Å². The smallest absolute Gasteiger partial charge is 0.162 e. The van der Waals surface area contributed by atoms with Crippen molar-refractivity contribution in [2.24, 2.45) is 11.7 Å². The molecule has 1 aromatic carbocycles. The lowest BCUT2D eigenvalue weighted by atomic mass is 9.97. The molecule has 0 spiro atoms. The first-order valence-electron chi connectivity index (χ1n) is 6.34. The van der Waals surface area contributed by atoms with Gasteiger partial charge in [-0.25, -0.2) is 0 Å². The summed E-state index contributed by atoms with van der Waals surface area (Å²) in [5.41, 5.74) is 7.42. The minimum Gasteiger partial charge on any atom is -0.486 e. The van der Waals surface area contributed by atoms with Crippen molar-refractivity contribution in [1.29, 1.82) is 0 Å². The Labute approximate surface area is 113 Å². The predicted molar refractivity (Wildman–Crippen MR) is 75.7 cm³/mol. The molecule has 18 heavy (non-hydrogen) atoms. The zero-order chi connectivity index (χ0) is 13.1. The number of hydrogen-bond acceptors (Lipinski definition) is 4. The van der Waals surface area contributed by atoms with Crippen molar-refractivity contribution in [3.63, 3.8) is 0 Å². The molecule has 0 radical (unpaired) electrons. The van der Waals surface area contributed by atoms with E-state index >= 15 is 0 Å². The monoisotopic (exact) mass is 267 g/mol. The minimum absolute atomic E-state index is 0.179. The van der Waals surface area contributed by atoms with Crippen LogP contribution in [0.5, 0.6) is 11.5 Å². The molecule has 0 amide bonds. The number of rotatable bonds is 4. The van der Waals surface area contributed by atoms with Crippen LogP contribution in [0.15, 0.2) is 17.0 Å². The van der Waals surface area contributed by atoms with Gasteiger partial charge in [0.25, 0.3) is 0 Å². The Morgan fingerprint density at radius 1 is 1.22 bits per heavy atom. The van der Waals surface area contributed by atoms with Crippen molar-refractivity contribution in [3.8, 4) is 11.5 Å². The number of benzene rings is 1. The lowest BCUT2D eigenvalue weighted by Crippen LogP contribution is -2.29. The Hall–Kier alpha value is -0.870. The van der Waals surface area contributed by atoms with E-state index in [1.165, 1.54) is 10.5 Å². The SMILES string of the molecule is CSc1cc2c(cc1CC(N)C(C)C)OCCO2. The molecule has 4 heteroatoms. The van der Waals surface area contributed by atoms with E-state index in [-0.39, 0.29) is 6.04 Å². The normalized spacial score (nSPS) is 15.8. The molecule has 1 heterocycles. The molecule has 0 aliphatic carbocycles. The summed E-state index contributed by atoms with van der Waals surface area (Å²) >= 11 is 1.73. The van der Waals surface area contributed by atoms with Crippen LogP contribution in [0.2, 0.25) is 0 Å². The van der Waals surface area contributed by atoms with E-state index in [1.54, 1.807) is 11.8 Å². The van der Waals surface area contributed by atoms with Gasteiger partial charge in [-0.05, 0) is 36.3 Å². The fourth-order valence-corrected chi connectivity index (χ4v) is 2.58. The molecule has 0 saturated carbocycles. The first-order chi connectivity index (χ1) is 8.61. The molecule has 0 bridgehead atoms. The summed E-state index contributed by atoms with van der Waals surface area (Å²) in [4.78, 5) is 1.23. The molecule has 1 atom stereocenters. The molecular weight excluding hydrogens is 246 g/mol. The zero-order valence-electron chi connectivity index (χ0n) is 11.2. The third-order valence-electron chi connectivity index (χ3n) is 3.26. The molecule has 1 aliphatic heterocycles. The van der Waals surface area contributed by atoms with Gasteiger partial charge in [0, 0.05) is 10.9 Å². The summed E-state index contributed by atoms with van der Waals surface area (Å²) in [7, 11) is 0. The summed E-state index contributed by atoms with van der Waals surface area (Å²) < 4.78 is 11.2. The van der Waals surface area contributed by atoms with Gasteiger partial charge in [-0.1, -0.05) is 13.8 Å². The van der Waals surface area contributed by atoms with Crippen molar-refractivity contribution in [2.75, 3.05) is 19.5 Å². The second-order valence-electron chi connectivity index (χ2n) is 4.92. The summed E-state index contributed by atoms with van der Waals surface area (Å²) in [6.45, 7) is 5.57. The highest BCUT2D eigenvalue weighted by molar-refractivity contribution is 7.98. The molecule has 2 N–H and O–H groups in total. The van der Waals surface area contributed by atoms with Crippen LogP contribution in [-0.4, -0.2) is 25.5 Å². The quantitative estimate of drug-likeness (QED) is 0.852. The van der Waals surface area contributed by atoms with Crippen molar-refractivity contribution in [3.05, 3.63) is 17.7 Å². The predicted octanol–water partition coefficient (Wildman–Crippen LogP) is 2.71. The Kier molecular flexibility index (Phi) is 4.40. The van der Waals surface area contributed by atoms with Gasteiger partial charge in [0.05, 0.1) is 0 Å².